The van der Waals surface area contributed by atoms with Gasteiger partial charge in [0.1, 0.15) is 5.76 Å². The molecule has 164 valence electrons. The molecule has 1 heterocycles. The maximum Gasteiger partial charge on any atom is 0.295 e. The summed E-state index contributed by atoms with van der Waals surface area (Å²) in [4.78, 5) is 27.4. The molecule has 1 amide bonds. The highest BCUT2D eigenvalue weighted by Crippen LogP contribution is 2.42. The van der Waals surface area contributed by atoms with Gasteiger partial charge in [-0.25, -0.2) is 0 Å². The van der Waals surface area contributed by atoms with Crippen molar-refractivity contribution in [2.75, 3.05) is 13.2 Å². The third-order valence-corrected chi connectivity index (χ3v) is 5.47. The second-order valence-corrected chi connectivity index (χ2v) is 7.73. The number of nitrogens with zero attached hydrogens (tertiary/aromatic N) is 1. The molecule has 6 nitrogen and oxygen atoms in total. The molecule has 1 aliphatic rings. The number of aromatic hydroxyl groups is 1. The first kappa shape index (κ1) is 22.4. The number of unbranched alkanes of at least 4 members (excludes halogenated alkanes) is 2. The summed E-state index contributed by atoms with van der Waals surface area (Å²) in [6.07, 6.45) is 2.65. The summed E-state index contributed by atoms with van der Waals surface area (Å²) < 4.78 is 5.50. The van der Waals surface area contributed by atoms with Gasteiger partial charge in [0.05, 0.1) is 18.2 Å². The number of benzene rings is 2. The summed E-state index contributed by atoms with van der Waals surface area (Å²) in [5, 5.41) is 21.1. The zero-order valence-electron chi connectivity index (χ0n) is 18.2. The quantitative estimate of drug-likeness (QED) is 0.278. The molecule has 2 N–H and O–H groups in total. The third-order valence-electron chi connectivity index (χ3n) is 5.47. The Morgan fingerprint density at radius 3 is 2.42 bits per heavy atom. The normalized spacial score (nSPS) is 17.9. The Kier molecular flexibility index (Phi) is 7.00. The lowest BCUT2D eigenvalue weighted by molar-refractivity contribution is -0.139. The monoisotopic (exact) mass is 423 g/mol. The molecule has 1 fully saturated rings. The predicted molar refractivity (Wildman–Crippen MR) is 119 cm³/mol. The van der Waals surface area contributed by atoms with Crippen molar-refractivity contribution in [2.45, 2.75) is 46.1 Å². The minimum Gasteiger partial charge on any atom is -0.507 e. The SMILES string of the molecule is CCCCCN1C(=O)C(=O)/C(=C(\O)c2ccc(C)cc2)C1c1ccc(O)c(OCC)c1. The van der Waals surface area contributed by atoms with Gasteiger partial charge >= 0.3 is 0 Å². The van der Waals surface area contributed by atoms with E-state index in [1.165, 1.54) is 11.0 Å². The number of hydrogen-bond donors (Lipinski definition) is 2. The van der Waals surface area contributed by atoms with Crippen LogP contribution in [0.3, 0.4) is 0 Å². The smallest absolute Gasteiger partial charge is 0.295 e. The van der Waals surface area contributed by atoms with Crippen molar-refractivity contribution in [1.82, 2.24) is 4.90 Å². The Labute approximate surface area is 182 Å². The van der Waals surface area contributed by atoms with Crippen LogP contribution in [0.4, 0.5) is 0 Å². The number of aliphatic hydroxyl groups is 1. The van der Waals surface area contributed by atoms with Gasteiger partial charge in [-0.1, -0.05) is 55.7 Å². The lowest BCUT2D eigenvalue weighted by Crippen LogP contribution is -2.30. The molecule has 0 aromatic heterocycles. The maximum absolute atomic E-state index is 13.0. The Morgan fingerprint density at radius 2 is 1.77 bits per heavy atom. The number of ketones is 1. The highest BCUT2D eigenvalue weighted by molar-refractivity contribution is 6.46. The van der Waals surface area contributed by atoms with E-state index < -0.39 is 17.7 Å². The summed E-state index contributed by atoms with van der Waals surface area (Å²) in [6.45, 7) is 6.57. The predicted octanol–water partition coefficient (Wildman–Crippen LogP) is 4.71. The van der Waals surface area contributed by atoms with Gasteiger partial charge in [0.25, 0.3) is 11.7 Å². The molecule has 1 saturated heterocycles. The number of Topliss-reactive ketones (excluding diaryl/α,β-unsaturated/α-hetero) is 1. The van der Waals surface area contributed by atoms with Crippen LogP contribution in [0.5, 0.6) is 11.5 Å². The van der Waals surface area contributed by atoms with E-state index in [0.717, 1.165) is 24.8 Å². The molecule has 2 aromatic rings. The molecule has 6 heteroatoms. The molecule has 0 bridgehead atoms. The second-order valence-electron chi connectivity index (χ2n) is 7.73. The number of aliphatic hydroxyl groups excluding tert-OH is 1. The van der Waals surface area contributed by atoms with Crippen molar-refractivity contribution >= 4 is 17.4 Å². The fourth-order valence-electron chi connectivity index (χ4n) is 3.83. The molecule has 1 unspecified atom stereocenters. The van der Waals surface area contributed by atoms with E-state index in [1.807, 2.05) is 19.1 Å². The van der Waals surface area contributed by atoms with Crippen molar-refractivity contribution in [2.24, 2.45) is 0 Å². The van der Waals surface area contributed by atoms with Crippen molar-refractivity contribution in [3.8, 4) is 11.5 Å². The van der Waals surface area contributed by atoms with E-state index in [2.05, 4.69) is 6.92 Å². The molecule has 0 radical (unpaired) electrons. The fraction of sp³-hybridized carbons (Fsp3) is 0.360. The van der Waals surface area contributed by atoms with E-state index in [0.29, 0.717) is 24.3 Å². The molecule has 2 aromatic carbocycles. The molecule has 0 aliphatic carbocycles. The molecule has 0 spiro atoms. The Balaban J connectivity index is 2.14. The average molecular weight is 424 g/mol. The lowest BCUT2D eigenvalue weighted by Gasteiger charge is -2.26. The molecule has 1 atom stereocenters. The third kappa shape index (κ3) is 4.58. The summed E-state index contributed by atoms with van der Waals surface area (Å²) in [5.41, 5.74) is 2.16. The number of carbonyl (C=O) groups is 2. The number of likely N-dealkylation sites (tertiary alicyclic amines) is 1. The van der Waals surface area contributed by atoms with Crippen molar-refractivity contribution in [3.05, 3.63) is 64.7 Å². The lowest BCUT2D eigenvalue weighted by atomic mass is 9.94. The van der Waals surface area contributed by atoms with Gasteiger partial charge in [-0.2, -0.15) is 0 Å². The van der Waals surface area contributed by atoms with Gasteiger partial charge in [-0.3, -0.25) is 9.59 Å². The minimum atomic E-state index is -0.752. The van der Waals surface area contributed by atoms with Crippen molar-refractivity contribution < 1.29 is 24.5 Å². The number of amides is 1. The standard InChI is InChI=1S/C25H29NO5/c1-4-6-7-14-26-22(18-12-13-19(27)20(15-18)31-5-2)21(24(29)25(26)30)23(28)17-10-8-16(3)9-11-17/h8-13,15,22,27-28H,4-7,14H2,1-3H3/b23-21-. The van der Waals surface area contributed by atoms with Gasteiger partial charge in [-0.05, 0) is 38.0 Å². The number of hydrogen-bond acceptors (Lipinski definition) is 5. The number of ether oxygens (including phenoxy) is 1. The first-order valence-electron chi connectivity index (χ1n) is 10.7. The Hall–Kier alpha value is -3.28. The zero-order valence-corrected chi connectivity index (χ0v) is 18.2. The topological polar surface area (TPSA) is 87.1 Å². The van der Waals surface area contributed by atoms with E-state index in [1.54, 1.807) is 31.2 Å². The largest absolute Gasteiger partial charge is 0.507 e. The van der Waals surface area contributed by atoms with Crippen LogP contribution in [0.25, 0.3) is 5.76 Å². The van der Waals surface area contributed by atoms with Crippen LogP contribution in [-0.2, 0) is 9.59 Å². The summed E-state index contributed by atoms with van der Waals surface area (Å²) >= 11 is 0. The molecule has 1 aliphatic heterocycles. The van der Waals surface area contributed by atoms with Crippen LogP contribution < -0.4 is 4.74 Å². The van der Waals surface area contributed by atoms with Crippen LogP contribution in [0.15, 0.2) is 48.0 Å². The van der Waals surface area contributed by atoms with Gasteiger partial charge < -0.3 is 19.8 Å². The number of rotatable bonds is 8. The van der Waals surface area contributed by atoms with Gasteiger partial charge in [0, 0.05) is 12.1 Å². The van der Waals surface area contributed by atoms with Crippen molar-refractivity contribution in [3.63, 3.8) is 0 Å². The van der Waals surface area contributed by atoms with Crippen molar-refractivity contribution in [1.29, 1.82) is 0 Å². The number of phenolic OH excluding ortho intramolecular Hbond substituents is 1. The summed E-state index contributed by atoms with van der Waals surface area (Å²) in [5.74, 6) is -1.28. The first-order chi connectivity index (χ1) is 14.9. The minimum absolute atomic E-state index is 0.0212. The molecule has 31 heavy (non-hydrogen) atoms. The molecular weight excluding hydrogens is 394 g/mol. The average Bonchev–Trinajstić information content (AvgIpc) is 3.01. The number of carbonyl (C=O) groups excluding carboxylic acids is 2. The van der Waals surface area contributed by atoms with Crippen LogP contribution in [0, 0.1) is 6.92 Å². The van der Waals surface area contributed by atoms with Crippen LogP contribution in [0.1, 0.15) is 55.8 Å². The van der Waals surface area contributed by atoms with Gasteiger partial charge in [0.2, 0.25) is 0 Å². The number of aryl methyl sites for hydroxylation is 1. The van der Waals surface area contributed by atoms with E-state index in [-0.39, 0.29) is 22.8 Å². The fourth-order valence-corrected chi connectivity index (χ4v) is 3.83. The van der Waals surface area contributed by atoms with E-state index in [4.69, 9.17) is 4.74 Å². The first-order valence-corrected chi connectivity index (χ1v) is 10.7. The van der Waals surface area contributed by atoms with E-state index in [9.17, 15) is 19.8 Å². The van der Waals surface area contributed by atoms with Crippen LogP contribution in [-0.4, -0.2) is 40.0 Å². The molecule has 0 saturated carbocycles. The van der Waals surface area contributed by atoms with Crippen LogP contribution in [0.2, 0.25) is 0 Å². The Bertz CT molecular complexity index is 993. The van der Waals surface area contributed by atoms with Crippen LogP contribution >= 0.6 is 0 Å². The Morgan fingerprint density at radius 1 is 1.06 bits per heavy atom. The maximum atomic E-state index is 13.0. The van der Waals surface area contributed by atoms with E-state index >= 15 is 0 Å². The van der Waals surface area contributed by atoms with Gasteiger partial charge in [0.15, 0.2) is 11.5 Å². The summed E-state index contributed by atoms with van der Waals surface area (Å²) in [7, 11) is 0. The summed E-state index contributed by atoms with van der Waals surface area (Å²) in [6, 6.07) is 11.2. The molecular formula is C25H29NO5. The van der Waals surface area contributed by atoms with Gasteiger partial charge in [-0.15, -0.1) is 0 Å². The highest BCUT2D eigenvalue weighted by Gasteiger charge is 2.46. The highest BCUT2D eigenvalue weighted by atomic mass is 16.5. The molecule has 3 rings (SSSR count). The number of phenols is 1. The second kappa shape index (κ2) is 9.69. The zero-order chi connectivity index (χ0) is 22.5.